The Morgan fingerprint density at radius 3 is 2.57 bits per heavy atom. The molecule has 0 bridgehead atoms. The maximum atomic E-state index is 13.1. The van der Waals surface area contributed by atoms with E-state index in [2.05, 4.69) is 11.4 Å². The van der Waals surface area contributed by atoms with Gasteiger partial charge in [0.1, 0.15) is 6.54 Å². The van der Waals surface area contributed by atoms with Gasteiger partial charge < -0.3 is 19.7 Å². The Morgan fingerprint density at radius 2 is 1.79 bits per heavy atom. The molecule has 10 heteroatoms. The van der Waals surface area contributed by atoms with Crippen molar-refractivity contribution in [3.8, 4) is 11.5 Å². The third-order valence-electron chi connectivity index (χ3n) is 6.88. The zero-order valence-corrected chi connectivity index (χ0v) is 24.2. The van der Waals surface area contributed by atoms with E-state index in [0.29, 0.717) is 42.4 Å². The number of thioether (sulfide) groups is 1. The Hall–Kier alpha value is -4.57. The van der Waals surface area contributed by atoms with Gasteiger partial charge in [0.2, 0.25) is 5.91 Å². The number of hydrogen-bond acceptors (Lipinski definition) is 7. The summed E-state index contributed by atoms with van der Waals surface area (Å²) in [7, 11) is 0. The van der Waals surface area contributed by atoms with Crippen molar-refractivity contribution in [2.24, 2.45) is 0 Å². The normalized spacial score (nSPS) is 15.5. The zero-order chi connectivity index (χ0) is 29.6. The summed E-state index contributed by atoms with van der Waals surface area (Å²) in [5.74, 6) is -0.324. The van der Waals surface area contributed by atoms with Gasteiger partial charge in [0.15, 0.2) is 18.1 Å². The van der Waals surface area contributed by atoms with Gasteiger partial charge in [-0.1, -0.05) is 42.5 Å². The number of carbonyl (C=O) groups is 4. The van der Waals surface area contributed by atoms with E-state index in [9.17, 15) is 19.2 Å². The van der Waals surface area contributed by atoms with E-state index in [-0.39, 0.29) is 29.9 Å². The second-order valence-electron chi connectivity index (χ2n) is 9.95. The van der Waals surface area contributed by atoms with Crippen LogP contribution in [0.3, 0.4) is 0 Å². The standard InChI is InChI=1S/C32H31N3O6S/c1-3-40-27-16-22(11-12-26(27)41-20-29(36)33-25-10-6-7-21(2)15-25)17-28-31(38)35(32(39)42-28)19-30(37)34-14-13-23-8-4-5-9-24(23)18-34/h4-12,15-17H,3,13-14,18-20H2,1-2H3,(H,33,36)/b28-17+. The molecule has 0 radical (unpaired) electrons. The number of ether oxygens (including phenoxy) is 2. The molecule has 0 unspecified atom stereocenters. The molecule has 1 N–H and O–H groups in total. The average molecular weight is 586 g/mol. The number of anilines is 1. The lowest BCUT2D eigenvalue weighted by Gasteiger charge is -2.29. The molecule has 0 atom stereocenters. The van der Waals surface area contributed by atoms with E-state index < -0.39 is 11.1 Å². The smallest absolute Gasteiger partial charge is 0.294 e. The second kappa shape index (κ2) is 12.9. The van der Waals surface area contributed by atoms with Gasteiger partial charge in [0.25, 0.3) is 17.1 Å². The van der Waals surface area contributed by atoms with Crippen molar-refractivity contribution in [1.82, 2.24) is 9.80 Å². The van der Waals surface area contributed by atoms with Crippen molar-refractivity contribution in [2.45, 2.75) is 26.8 Å². The molecule has 0 aliphatic carbocycles. The molecule has 1 fully saturated rings. The molecule has 0 saturated carbocycles. The molecule has 42 heavy (non-hydrogen) atoms. The van der Waals surface area contributed by atoms with Crippen molar-refractivity contribution in [2.75, 3.05) is 31.6 Å². The van der Waals surface area contributed by atoms with Crippen LogP contribution in [0, 0.1) is 6.92 Å². The van der Waals surface area contributed by atoms with Gasteiger partial charge in [-0.3, -0.25) is 24.1 Å². The number of carbonyl (C=O) groups excluding carboxylic acids is 4. The third kappa shape index (κ3) is 6.83. The lowest BCUT2D eigenvalue weighted by Crippen LogP contribution is -2.44. The molecule has 3 aromatic carbocycles. The second-order valence-corrected chi connectivity index (χ2v) is 10.9. The van der Waals surface area contributed by atoms with E-state index in [1.54, 1.807) is 35.2 Å². The quantitative estimate of drug-likeness (QED) is 0.351. The van der Waals surface area contributed by atoms with Gasteiger partial charge >= 0.3 is 0 Å². The van der Waals surface area contributed by atoms with Gasteiger partial charge in [-0.15, -0.1) is 0 Å². The molecule has 2 aliphatic heterocycles. The van der Waals surface area contributed by atoms with Crippen molar-refractivity contribution in [3.63, 3.8) is 0 Å². The minimum absolute atomic E-state index is 0.213. The van der Waals surface area contributed by atoms with Gasteiger partial charge in [0.05, 0.1) is 11.5 Å². The molecule has 4 amide bonds. The Morgan fingerprint density at radius 1 is 0.976 bits per heavy atom. The number of imide groups is 1. The van der Waals surface area contributed by atoms with Crippen LogP contribution in [0.2, 0.25) is 0 Å². The summed E-state index contributed by atoms with van der Waals surface area (Å²) < 4.78 is 11.4. The SMILES string of the molecule is CCOc1cc(/C=C2/SC(=O)N(CC(=O)N3CCc4ccccc4C3)C2=O)ccc1OCC(=O)Nc1cccc(C)c1. The topological polar surface area (TPSA) is 105 Å². The number of fused-ring (bicyclic) bond motifs is 1. The highest BCUT2D eigenvalue weighted by molar-refractivity contribution is 8.18. The van der Waals surface area contributed by atoms with Crippen molar-refractivity contribution in [1.29, 1.82) is 0 Å². The van der Waals surface area contributed by atoms with Gasteiger partial charge in [-0.25, -0.2) is 0 Å². The zero-order valence-electron chi connectivity index (χ0n) is 23.4. The summed E-state index contributed by atoms with van der Waals surface area (Å²) in [4.78, 5) is 54.1. The largest absolute Gasteiger partial charge is 0.490 e. The predicted octanol–water partition coefficient (Wildman–Crippen LogP) is 5.03. The van der Waals surface area contributed by atoms with Crippen molar-refractivity contribution in [3.05, 3.63) is 93.9 Å². The summed E-state index contributed by atoms with van der Waals surface area (Å²) in [5.41, 5.74) is 4.61. The maximum Gasteiger partial charge on any atom is 0.294 e. The number of rotatable bonds is 9. The fourth-order valence-electron chi connectivity index (χ4n) is 4.80. The van der Waals surface area contributed by atoms with Gasteiger partial charge in [-0.05, 0) is 84.6 Å². The Balaban J connectivity index is 1.22. The first kappa shape index (κ1) is 28.9. The third-order valence-corrected chi connectivity index (χ3v) is 7.78. The van der Waals surface area contributed by atoms with Crippen LogP contribution < -0.4 is 14.8 Å². The number of nitrogens with zero attached hydrogens (tertiary/aromatic N) is 2. The van der Waals surface area contributed by atoms with E-state index in [1.165, 1.54) is 5.56 Å². The molecule has 0 spiro atoms. The highest BCUT2D eigenvalue weighted by atomic mass is 32.2. The summed E-state index contributed by atoms with van der Waals surface area (Å²) >= 11 is 0.796. The van der Waals surface area contributed by atoms with E-state index in [1.807, 2.05) is 50.2 Å². The molecule has 9 nitrogen and oxygen atoms in total. The van der Waals surface area contributed by atoms with Crippen LogP contribution in [0.15, 0.2) is 71.6 Å². The summed E-state index contributed by atoms with van der Waals surface area (Å²) in [6, 6.07) is 20.5. The molecule has 0 aromatic heterocycles. The first-order chi connectivity index (χ1) is 20.3. The lowest BCUT2D eigenvalue weighted by atomic mass is 10.00. The van der Waals surface area contributed by atoms with E-state index in [0.717, 1.165) is 34.2 Å². The van der Waals surface area contributed by atoms with Gasteiger partial charge in [-0.2, -0.15) is 0 Å². The molecular formula is C32H31N3O6S. The number of amides is 4. The van der Waals surface area contributed by atoms with Gasteiger partial charge in [0, 0.05) is 18.8 Å². The fraction of sp³-hybridized carbons (Fsp3) is 0.250. The Labute approximate surface area is 248 Å². The molecule has 1 saturated heterocycles. The number of benzene rings is 3. The molecule has 3 aromatic rings. The van der Waals surface area contributed by atoms with Crippen LogP contribution in [0.5, 0.6) is 11.5 Å². The number of hydrogen-bond donors (Lipinski definition) is 1. The predicted molar refractivity (Wildman–Crippen MR) is 161 cm³/mol. The summed E-state index contributed by atoms with van der Waals surface area (Å²) in [6.45, 7) is 4.61. The first-order valence-corrected chi connectivity index (χ1v) is 14.5. The van der Waals surface area contributed by atoms with Crippen molar-refractivity contribution < 1.29 is 28.7 Å². The monoisotopic (exact) mass is 585 g/mol. The summed E-state index contributed by atoms with van der Waals surface area (Å²) in [5, 5.41) is 2.31. The molecule has 216 valence electrons. The first-order valence-electron chi connectivity index (χ1n) is 13.7. The molecular weight excluding hydrogens is 554 g/mol. The molecule has 2 heterocycles. The Kier molecular flexibility index (Phi) is 8.92. The average Bonchev–Trinajstić information content (AvgIpc) is 3.23. The van der Waals surface area contributed by atoms with Crippen LogP contribution in [0.25, 0.3) is 6.08 Å². The minimum Gasteiger partial charge on any atom is -0.490 e. The highest BCUT2D eigenvalue weighted by Crippen LogP contribution is 2.35. The maximum absolute atomic E-state index is 13.1. The Bertz CT molecular complexity index is 1570. The van der Waals surface area contributed by atoms with Crippen LogP contribution in [0.1, 0.15) is 29.2 Å². The van der Waals surface area contributed by atoms with Crippen LogP contribution in [-0.4, -0.2) is 59.1 Å². The van der Waals surface area contributed by atoms with Crippen LogP contribution >= 0.6 is 11.8 Å². The summed E-state index contributed by atoms with van der Waals surface area (Å²) in [6.07, 6.45) is 2.33. The lowest BCUT2D eigenvalue weighted by molar-refractivity contribution is -0.136. The molecule has 5 rings (SSSR count). The minimum atomic E-state index is -0.512. The van der Waals surface area contributed by atoms with E-state index >= 15 is 0 Å². The van der Waals surface area contributed by atoms with Crippen LogP contribution in [-0.2, 0) is 27.3 Å². The number of aryl methyl sites for hydroxylation is 1. The van der Waals surface area contributed by atoms with Crippen LogP contribution in [0.4, 0.5) is 10.5 Å². The molecule has 2 aliphatic rings. The highest BCUT2D eigenvalue weighted by Gasteiger charge is 2.37. The van der Waals surface area contributed by atoms with Crippen molar-refractivity contribution >= 4 is 46.5 Å². The fourth-order valence-corrected chi connectivity index (χ4v) is 5.63. The number of nitrogens with one attached hydrogen (secondary N) is 1. The van der Waals surface area contributed by atoms with E-state index in [4.69, 9.17) is 9.47 Å².